The van der Waals surface area contributed by atoms with Gasteiger partial charge in [0.2, 0.25) is 0 Å². The minimum Gasteiger partial charge on any atom is -0.487 e. The first kappa shape index (κ1) is 14.4. The number of nitrogens with one attached hydrogen (secondary N) is 1. The number of benzene rings is 1. The van der Waals surface area contributed by atoms with Gasteiger partial charge >= 0.3 is 5.69 Å². The molecule has 0 amide bonds. The summed E-state index contributed by atoms with van der Waals surface area (Å²) in [5.74, 6) is 0.352. The average Bonchev–Trinajstić information content (AvgIpc) is 2.33. The van der Waals surface area contributed by atoms with E-state index in [1.54, 1.807) is 12.1 Å². The Balaban J connectivity index is 2.86. The molecule has 0 aromatic heterocycles. The van der Waals surface area contributed by atoms with Gasteiger partial charge in [0, 0.05) is 18.7 Å². The molecule has 0 heterocycles. The van der Waals surface area contributed by atoms with Gasteiger partial charge in [0.15, 0.2) is 5.75 Å². The van der Waals surface area contributed by atoms with Gasteiger partial charge in [0.1, 0.15) is 0 Å². The summed E-state index contributed by atoms with van der Waals surface area (Å²) in [5.41, 5.74) is 1.01. The monoisotopic (exact) mass is 252 g/mol. The molecule has 0 spiro atoms. The summed E-state index contributed by atoms with van der Waals surface area (Å²) in [6, 6.07) is 5.37. The average molecular weight is 252 g/mol. The van der Waals surface area contributed by atoms with Crippen molar-refractivity contribution in [1.29, 1.82) is 0 Å². The molecule has 1 N–H and O–H groups in total. The third-order valence-corrected chi connectivity index (χ3v) is 2.40. The molecule has 0 saturated carbocycles. The summed E-state index contributed by atoms with van der Waals surface area (Å²) in [4.78, 5) is 10.5. The Morgan fingerprint density at radius 3 is 2.72 bits per heavy atom. The van der Waals surface area contributed by atoms with Crippen molar-refractivity contribution in [1.82, 2.24) is 5.32 Å². The molecule has 18 heavy (non-hydrogen) atoms. The van der Waals surface area contributed by atoms with Crippen LogP contribution in [0.25, 0.3) is 0 Å². The van der Waals surface area contributed by atoms with Gasteiger partial charge in [-0.3, -0.25) is 10.1 Å². The van der Waals surface area contributed by atoms with Gasteiger partial charge in [-0.05, 0) is 18.1 Å². The molecule has 1 aromatic rings. The number of rotatable bonds is 7. The van der Waals surface area contributed by atoms with Crippen LogP contribution in [0.2, 0.25) is 0 Å². The van der Waals surface area contributed by atoms with Crippen molar-refractivity contribution < 1.29 is 9.66 Å². The van der Waals surface area contributed by atoms with Crippen molar-refractivity contribution >= 4 is 5.69 Å². The molecule has 0 bridgehead atoms. The van der Waals surface area contributed by atoms with Crippen LogP contribution in [0.15, 0.2) is 18.2 Å². The zero-order chi connectivity index (χ0) is 13.5. The molecule has 0 aliphatic heterocycles. The molecular weight excluding hydrogens is 232 g/mol. The summed E-state index contributed by atoms with van der Waals surface area (Å²) >= 11 is 0. The molecular formula is C13H20N2O3. The van der Waals surface area contributed by atoms with Crippen molar-refractivity contribution in [2.45, 2.75) is 39.8 Å². The first-order valence-corrected chi connectivity index (χ1v) is 6.18. The fourth-order valence-corrected chi connectivity index (χ4v) is 1.47. The lowest BCUT2D eigenvalue weighted by atomic mass is 10.2. The topological polar surface area (TPSA) is 64.4 Å². The van der Waals surface area contributed by atoms with E-state index >= 15 is 0 Å². The largest absolute Gasteiger partial charge is 0.487 e. The van der Waals surface area contributed by atoms with Crippen molar-refractivity contribution in [2.75, 3.05) is 6.61 Å². The van der Waals surface area contributed by atoms with Gasteiger partial charge in [-0.1, -0.05) is 26.8 Å². The van der Waals surface area contributed by atoms with Crippen LogP contribution in [0, 0.1) is 10.1 Å². The highest BCUT2D eigenvalue weighted by Gasteiger charge is 2.15. The summed E-state index contributed by atoms with van der Waals surface area (Å²) in [6.45, 7) is 7.25. The van der Waals surface area contributed by atoms with E-state index < -0.39 is 4.92 Å². The minimum absolute atomic E-state index is 0.0248. The molecule has 0 radical (unpaired) electrons. The maximum atomic E-state index is 10.9. The fraction of sp³-hybridized carbons (Fsp3) is 0.538. The fourth-order valence-electron chi connectivity index (χ4n) is 1.47. The highest BCUT2D eigenvalue weighted by molar-refractivity contribution is 5.48. The van der Waals surface area contributed by atoms with Crippen LogP contribution in [0.1, 0.15) is 32.8 Å². The molecule has 5 heteroatoms. The smallest absolute Gasteiger partial charge is 0.310 e. The Morgan fingerprint density at radius 2 is 2.17 bits per heavy atom. The highest BCUT2D eigenvalue weighted by atomic mass is 16.6. The van der Waals surface area contributed by atoms with Crippen LogP contribution in [-0.4, -0.2) is 17.6 Å². The zero-order valence-electron chi connectivity index (χ0n) is 11.1. The molecule has 0 saturated heterocycles. The van der Waals surface area contributed by atoms with Gasteiger partial charge in [-0.15, -0.1) is 0 Å². The van der Waals surface area contributed by atoms with Crippen LogP contribution in [0.3, 0.4) is 0 Å². The van der Waals surface area contributed by atoms with Gasteiger partial charge in [-0.25, -0.2) is 0 Å². The van der Waals surface area contributed by atoms with Gasteiger partial charge in [-0.2, -0.15) is 0 Å². The molecule has 100 valence electrons. The second kappa shape index (κ2) is 6.96. The van der Waals surface area contributed by atoms with Crippen LogP contribution in [0.4, 0.5) is 5.69 Å². The van der Waals surface area contributed by atoms with Crippen LogP contribution >= 0.6 is 0 Å². The molecule has 0 unspecified atom stereocenters. The number of nitro groups is 1. The first-order chi connectivity index (χ1) is 8.54. The lowest BCUT2D eigenvalue weighted by Crippen LogP contribution is -2.21. The molecule has 0 aliphatic rings. The SMILES string of the molecule is CCCOc1cc(CNC(C)C)ccc1[N+](=O)[O-]. The van der Waals surface area contributed by atoms with E-state index in [4.69, 9.17) is 4.74 Å². The number of hydrogen-bond donors (Lipinski definition) is 1. The van der Waals surface area contributed by atoms with Crippen LogP contribution in [0.5, 0.6) is 5.75 Å². The highest BCUT2D eigenvalue weighted by Crippen LogP contribution is 2.28. The third kappa shape index (κ3) is 4.33. The van der Waals surface area contributed by atoms with Gasteiger partial charge in [0.05, 0.1) is 11.5 Å². The summed E-state index contributed by atoms with van der Waals surface area (Å²) < 4.78 is 5.43. The van der Waals surface area contributed by atoms with Crippen molar-refractivity contribution in [3.63, 3.8) is 0 Å². The van der Waals surface area contributed by atoms with Crippen LogP contribution < -0.4 is 10.1 Å². The maximum absolute atomic E-state index is 10.9. The predicted molar refractivity (Wildman–Crippen MR) is 70.9 cm³/mol. The molecule has 5 nitrogen and oxygen atoms in total. The zero-order valence-corrected chi connectivity index (χ0v) is 11.1. The van der Waals surface area contributed by atoms with Gasteiger partial charge in [0.25, 0.3) is 0 Å². The Morgan fingerprint density at radius 1 is 1.44 bits per heavy atom. The Labute approximate surface area is 107 Å². The Hall–Kier alpha value is -1.62. The molecule has 0 aliphatic carbocycles. The maximum Gasteiger partial charge on any atom is 0.310 e. The number of nitro benzene ring substituents is 1. The van der Waals surface area contributed by atoms with Crippen molar-refractivity contribution in [3.05, 3.63) is 33.9 Å². The van der Waals surface area contributed by atoms with Crippen LogP contribution in [-0.2, 0) is 6.54 Å². The second-order valence-corrected chi connectivity index (χ2v) is 4.44. The molecule has 1 aromatic carbocycles. The minimum atomic E-state index is -0.412. The summed E-state index contributed by atoms with van der Waals surface area (Å²) in [5, 5.41) is 14.1. The molecule has 0 fully saturated rings. The second-order valence-electron chi connectivity index (χ2n) is 4.44. The van der Waals surface area contributed by atoms with Crippen molar-refractivity contribution in [3.8, 4) is 5.75 Å². The quantitative estimate of drug-likeness (QED) is 0.598. The van der Waals surface area contributed by atoms with E-state index in [-0.39, 0.29) is 5.69 Å². The lowest BCUT2D eigenvalue weighted by Gasteiger charge is -2.10. The Bertz CT molecular complexity index is 405. The molecule has 1 rings (SSSR count). The van der Waals surface area contributed by atoms with E-state index in [1.165, 1.54) is 6.07 Å². The predicted octanol–water partition coefficient (Wildman–Crippen LogP) is 2.88. The standard InChI is InChI=1S/C13H20N2O3/c1-4-7-18-13-8-11(9-14-10(2)3)5-6-12(13)15(16)17/h5-6,8,10,14H,4,7,9H2,1-3H3. The lowest BCUT2D eigenvalue weighted by molar-refractivity contribution is -0.385. The van der Waals surface area contributed by atoms with Crippen molar-refractivity contribution in [2.24, 2.45) is 0 Å². The number of nitrogens with zero attached hydrogens (tertiary/aromatic N) is 1. The van der Waals surface area contributed by atoms with E-state index in [2.05, 4.69) is 19.2 Å². The number of ether oxygens (including phenoxy) is 1. The van der Waals surface area contributed by atoms with E-state index in [9.17, 15) is 10.1 Å². The third-order valence-electron chi connectivity index (χ3n) is 2.40. The van der Waals surface area contributed by atoms with E-state index in [1.807, 2.05) is 6.92 Å². The summed E-state index contributed by atoms with van der Waals surface area (Å²) in [7, 11) is 0. The normalized spacial score (nSPS) is 10.7. The van der Waals surface area contributed by atoms with Gasteiger partial charge < -0.3 is 10.1 Å². The first-order valence-electron chi connectivity index (χ1n) is 6.18. The molecule has 0 atom stereocenters. The van der Waals surface area contributed by atoms with E-state index in [0.29, 0.717) is 24.9 Å². The Kier molecular flexibility index (Phi) is 5.58. The summed E-state index contributed by atoms with van der Waals surface area (Å²) in [6.07, 6.45) is 0.825. The number of hydrogen-bond acceptors (Lipinski definition) is 4. The van der Waals surface area contributed by atoms with E-state index in [0.717, 1.165) is 12.0 Å².